The number of amides is 1. The molecule has 0 radical (unpaired) electrons. The van der Waals surface area contributed by atoms with Crippen molar-refractivity contribution in [3.8, 4) is 0 Å². The number of nitrogens with one attached hydrogen (secondary N) is 1. The van der Waals surface area contributed by atoms with Crippen molar-refractivity contribution < 1.29 is 18.0 Å². The third kappa shape index (κ3) is 5.56. The fraction of sp³-hybridized carbons (Fsp3) is 0.550. The third-order valence-electron chi connectivity index (χ3n) is 5.12. The Labute approximate surface area is 168 Å². The highest BCUT2D eigenvalue weighted by molar-refractivity contribution is 5.93. The van der Waals surface area contributed by atoms with Gasteiger partial charge in [-0.2, -0.15) is 18.3 Å². The number of pyridine rings is 1. The summed E-state index contributed by atoms with van der Waals surface area (Å²) in [4.78, 5) is 18.3. The van der Waals surface area contributed by atoms with Crippen molar-refractivity contribution in [2.45, 2.75) is 45.5 Å². The van der Waals surface area contributed by atoms with E-state index in [0.717, 1.165) is 23.6 Å². The lowest BCUT2D eigenvalue weighted by Gasteiger charge is -2.33. The summed E-state index contributed by atoms with van der Waals surface area (Å²) in [7, 11) is 0. The molecule has 6 nitrogen and oxygen atoms in total. The molecule has 1 N–H and O–H groups in total. The standard InChI is InChI=1S/C20H26F3N5O/c1-14(13-28-18(20(21,22)23)10-15(2)26-28)11-25-17-5-8-27(9-6-17)19(29)16-4-3-7-24-12-16/h3-4,7,10,12,14,17,25H,5-6,8-9,11,13H2,1-2H3. The lowest BCUT2D eigenvalue weighted by atomic mass is 10.0. The predicted octanol–water partition coefficient (Wildman–Crippen LogP) is 3.14. The zero-order chi connectivity index (χ0) is 21.0. The first kappa shape index (κ1) is 21.3. The Morgan fingerprint density at radius 2 is 2.07 bits per heavy atom. The average Bonchev–Trinajstić information content (AvgIpc) is 3.07. The summed E-state index contributed by atoms with van der Waals surface area (Å²) < 4.78 is 40.4. The maximum Gasteiger partial charge on any atom is 0.433 e. The molecule has 0 aromatic carbocycles. The van der Waals surface area contributed by atoms with E-state index in [0.29, 0.717) is 30.9 Å². The van der Waals surface area contributed by atoms with Crippen molar-refractivity contribution in [1.29, 1.82) is 0 Å². The number of hydrogen-bond acceptors (Lipinski definition) is 4. The Balaban J connectivity index is 1.45. The highest BCUT2D eigenvalue weighted by atomic mass is 19.4. The highest BCUT2D eigenvalue weighted by Crippen LogP contribution is 2.30. The molecule has 158 valence electrons. The van der Waals surface area contributed by atoms with Crippen LogP contribution in [-0.4, -0.2) is 51.2 Å². The lowest BCUT2D eigenvalue weighted by molar-refractivity contribution is -0.144. The Hall–Kier alpha value is -2.42. The minimum atomic E-state index is -4.40. The van der Waals surface area contributed by atoms with Gasteiger partial charge >= 0.3 is 6.18 Å². The van der Waals surface area contributed by atoms with Crippen molar-refractivity contribution >= 4 is 5.91 Å². The number of alkyl halides is 3. The SMILES string of the molecule is Cc1cc(C(F)(F)F)n(CC(C)CNC2CCN(C(=O)c3cccnc3)CC2)n1. The van der Waals surface area contributed by atoms with Gasteiger partial charge in [-0.15, -0.1) is 0 Å². The van der Waals surface area contributed by atoms with Gasteiger partial charge in [0.2, 0.25) is 0 Å². The van der Waals surface area contributed by atoms with Crippen LogP contribution in [0.15, 0.2) is 30.6 Å². The lowest BCUT2D eigenvalue weighted by Crippen LogP contribution is -2.46. The first-order valence-corrected chi connectivity index (χ1v) is 9.78. The smallest absolute Gasteiger partial charge is 0.338 e. The molecule has 2 aromatic rings. The highest BCUT2D eigenvalue weighted by Gasteiger charge is 2.35. The summed E-state index contributed by atoms with van der Waals surface area (Å²) in [6.07, 6.45) is 0.430. The molecule has 1 unspecified atom stereocenters. The van der Waals surface area contributed by atoms with Gasteiger partial charge in [-0.25, -0.2) is 0 Å². The number of likely N-dealkylation sites (tertiary alicyclic amines) is 1. The molecule has 2 aromatic heterocycles. The number of rotatable bonds is 6. The van der Waals surface area contributed by atoms with Crippen LogP contribution in [0.2, 0.25) is 0 Å². The molecular weight excluding hydrogens is 383 g/mol. The maximum absolute atomic E-state index is 13.1. The second kappa shape index (κ2) is 8.94. The Morgan fingerprint density at radius 3 is 2.69 bits per heavy atom. The minimum absolute atomic E-state index is 0.00884. The van der Waals surface area contributed by atoms with Gasteiger partial charge in [-0.05, 0) is 50.4 Å². The average molecular weight is 409 g/mol. The largest absolute Gasteiger partial charge is 0.433 e. The van der Waals surface area contributed by atoms with Crippen molar-refractivity contribution in [3.63, 3.8) is 0 Å². The second-order valence-corrected chi connectivity index (χ2v) is 7.67. The maximum atomic E-state index is 13.1. The Kier molecular flexibility index (Phi) is 6.56. The Bertz CT molecular complexity index is 813. The number of hydrogen-bond donors (Lipinski definition) is 1. The molecule has 1 aliphatic heterocycles. The molecule has 9 heteroatoms. The van der Waals surface area contributed by atoms with Gasteiger partial charge in [0, 0.05) is 38.1 Å². The summed E-state index contributed by atoms with van der Waals surface area (Å²) in [5.74, 6) is -0.0240. The summed E-state index contributed by atoms with van der Waals surface area (Å²) >= 11 is 0. The van der Waals surface area contributed by atoms with Crippen molar-refractivity contribution in [2.75, 3.05) is 19.6 Å². The molecule has 1 aliphatic rings. The number of halogens is 3. The van der Waals surface area contributed by atoms with Crippen LogP contribution in [0.5, 0.6) is 0 Å². The fourth-order valence-electron chi connectivity index (χ4n) is 3.60. The van der Waals surface area contributed by atoms with Crippen LogP contribution < -0.4 is 5.32 Å². The fourth-order valence-corrected chi connectivity index (χ4v) is 3.60. The molecule has 0 saturated carbocycles. The van der Waals surface area contributed by atoms with Gasteiger partial charge in [0.15, 0.2) is 0 Å². The molecule has 1 amide bonds. The van der Waals surface area contributed by atoms with Gasteiger partial charge in [0.25, 0.3) is 5.91 Å². The van der Waals surface area contributed by atoms with Crippen LogP contribution >= 0.6 is 0 Å². The zero-order valence-corrected chi connectivity index (χ0v) is 16.6. The molecule has 1 atom stereocenters. The van der Waals surface area contributed by atoms with Crippen molar-refractivity contribution in [2.24, 2.45) is 5.92 Å². The van der Waals surface area contributed by atoms with Crippen molar-refractivity contribution in [1.82, 2.24) is 25.0 Å². The van der Waals surface area contributed by atoms with Gasteiger partial charge in [0.1, 0.15) is 5.69 Å². The van der Waals surface area contributed by atoms with Crippen LogP contribution in [0.25, 0.3) is 0 Å². The molecule has 0 spiro atoms. The third-order valence-corrected chi connectivity index (χ3v) is 5.12. The first-order valence-electron chi connectivity index (χ1n) is 9.78. The van der Waals surface area contributed by atoms with E-state index in [1.807, 2.05) is 11.8 Å². The van der Waals surface area contributed by atoms with Gasteiger partial charge in [-0.1, -0.05) is 6.92 Å². The van der Waals surface area contributed by atoms with Crippen LogP contribution in [-0.2, 0) is 12.7 Å². The van der Waals surface area contributed by atoms with E-state index in [2.05, 4.69) is 15.4 Å². The second-order valence-electron chi connectivity index (χ2n) is 7.67. The van der Waals surface area contributed by atoms with E-state index in [1.54, 1.807) is 31.5 Å². The quantitative estimate of drug-likeness (QED) is 0.796. The van der Waals surface area contributed by atoms with Crippen LogP contribution in [0.4, 0.5) is 13.2 Å². The zero-order valence-electron chi connectivity index (χ0n) is 16.6. The summed E-state index contributed by atoms with van der Waals surface area (Å²) in [6, 6.07) is 4.83. The first-order chi connectivity index (χ1) is 13.7. The Morgan fingerprint density at radius 1 is 1.34 bits per heavy atom. The molecule has 1 saturated heterocycles. The summed E-state index contributed by atoms with van der Waals surface area (Å²) in [5, 5.41) is 7.42. The van der Waals surface area contributed by atoms with Crippen LogP contribution in [0.3, 0.4) is 0 Å². The van der Waals surface area contributed by atoms with E-state index < -0.39 is 11.9 Å². The molecule has 29 heavy (non-hydrogen) atoms. The number of aromatic nitrogens is 3. The van der Waals surface area contributed by atoms with Crippen molar-refractivity contribution in [3.05, 3.63) is 47.5 Å². The number of carbonyl (C=O) groups excluding carboxylic acids is 1. The topological polar surface area (TPSA) is 63.1 Å². The van der Waals surface area contributed by atoms with E-state index >= 15 is 0 Å². The van der Waals surface area contributed by atoms with Gasteiger partial charge < -0.3 is 10.2 Å². The molecule has 3 heterocycles. The van der Waals surface area contributed by atoms with Gasteiger partial charge in [0.05, 0.1) is 11.3 Å². The molecule has 1 fully saturated rings. The summed E-state index contributed by atoms with van der Waals surface area (Å²) in [6.45, 7) is 5.57. The normalized spacial score (nSPS) is 16.8. The van der Waals surface area contributed by atoms with E-state index in [1.165, 1.54) is 0 Å². The molecule has 0 bridgehead atoms. The number of carbonyl (C=O) groups is 1. The minimum Gasteiger partial charge on any atom is -0.338 e. The number of piperidine rings is 1. The van der Waals surface area contributed by atoms with Crippen LogP contribution in [0.1, 0.15) is 41.5 Å². The van der Waals surface area contributed by atoms with E-state index in [4.69, 9.17) is 0 Å². The molecule has 0 aliphatic carbocycles. The number of nitrogens with zero attached hydrogens (tertiary/aromatic N) is 4. The monoisotopic (exact) mass is 409 g/mol. The van der Waals surface area contributed by atoms with Gasteiger partial charge in [-0.3, -0.25) is 14.5 Å². The number of aryl methyl sites for hydroxylation is 1. The molecule has 3 rings (SSSR count). The molecular formula is C20H26F3N5O. The van der Waals surface area contributed by atoms with E-state index in [-0.39, 0.29) is 24.4 Å². The van der Waals surface area contributed by atoms with E-state index in [9.17, 15) is 18.0 Å². The van der Waals surface area contributed by atoms with Crippen LogP contribution in [0, 0.1) is 12.8 Å². The predicted molar refractivity (Wildman–Crippen MR) is 102 cm³/mol. The summed E-state index contributed by atoms with van der Waals surface area (Å²) in [5.41, 5.74) is 0.245.